The number of piperidine rings is 1. The van der Waals surface area contributed by atoms with Crippen molar-refractivity contribution in [2.45, 2.75) is 45.1 Å². The maximum Gasteiger partial charge on any atom is 0.227 e. The molecule has 1 saturated heterocycles. The minimum Gasteiger partial charge on any atom is -0.339 e. The monoisotopic (exact) mass is 279 g/mol. The Morgan fingerprint density at radius 3 is 3.00 bits per heavy atom. The van der Waals surface area contributed by atoms with Crippen LogP contribution in [0.25, 0.3) is 0 Å². The second-order valence-electron chi connectivity index (χ2n) is 5.38. The van der Waals surface area contributed by atoms with Crippen LogP contribution in [0.3, 0.4) is 0 Å². The highest BCUT2D eigenvalue weighted by Crippen LogP contribution is 2.21. The van der Waals surface area contributed by atoms with Crippen molar-refractivity contribution in [2.75, 3.05) is 12.4 Å². The average Bonchev–Trinajstić information content (AvgIpc) is 2.39. The van der Waals surface area contributed by atoms with Crippen LogP contribution in [0.4, 0.5) is 0 Å². The lowest BCUT2D eigenvalue weighted by molar-refractivity contribution is -0.134. The van der Waals surface area contributed by atoms with Gasteiger partial charge in [-0.05, 0) is 38.2 Å². The largest absolute Gasteiger partial charge is 0.339 e. The Balaban J connectivity index is 2.01. The first kappa shape index (κ1) is 14.4. The van der Waals surface area contributed by atoms with E-state index in [9.17, 15) is 4.79 Å². The molecule has 2 rings (SSSR count). The fourth-order valence-corrected chi connectivity index (χ4v) is 3.11. The van der Waals surface area contributed by atoms with Crippen LogP contribution >= 0.6 is 11.6 Å². The third kappa shape index (κ3) is 3.97. The number of carbonyl (C=O) groups excluding carboxylic acids is 1. The van der Waals surface area contributed by atoms with Gasteiger partial charge in [-0.25, -0.2) is 0 Å². The summed E-state index contributed by atoms with van der Waals surface area (Å²) in [4.78, 5) is 14.5. The number of halogens is 1. The van der Waals surface area contributed by atoms with Crippen LogP contribution in [0.15, 0.2) is 24.3 Å². The van der Waals surface area contributed by atoms with Gasteiger partial charge in [0.25, 0.3) is 0 Å². The van der Waals surface area contributed by atoms with Crippen molar-refractivity contribution in [1.82, 2.24) is 4.90 Å². The molecular weight excluding hydrogens is 258 g/mol. The number of rotatable bonds is 4. The molecule has 1 aliphatic rings. The van der Waals surface area contributed by atoms with Crippen LogP contribution in [0, 0.1) is 6.92 Å². The van der Waals surface area contributed by atoms with Gasteiger partial charge in [0.2, 0.25) is 5.91 Å². The molecule has 0 aliphatic carbocycles. The summed E-state index contributed by atoms with van der Waals surface area (Å²) in [6.45, 7) is 2.96. The number of hydrogen-bond acceptors (Lipinski definition) is 1. The number of benzene rings is 1. The van der Waals surface area contributed by atoms with E-state index in [0.29, 0.717) is 18.3 Å². The van der Waals surface area contributed by atoms with E-state index in [2.05, 4.69) is 19.1 Å². The van der Waals surface area contributed by atoms with Crippen molar-refractivity contribution in [3.8, 4) is 0 Å². The summed E-state index contributed by atoms with van der Waals surface area (Å²) in [6.07, 6.45) is 4.88. The van der Waals surface area contributed by atoms with E-state index in [1.54, 1.807) is 0 Å². The van der Waals surface area contributed by atoms with Crippen molar-refractivity contribution in [3.63, 3.8) is 0 Å². The average molecular weight is 280 g/mol. The van der Waals surface area contributed by atoms with Crippen molar-refractivity contribution in [1.29, 1.82) is 0 Å². The minimum absolute atomic E-state index is 0.250. The van der Waals surface area contributed by atoms with Gasteiger partial charge in [-0.2, -0.15) is 0 Å². The molecule has 1 heterocycles. The molecule has 0 saturated carbocycles. The van der Waals surface area contributed by atoms with Gasteiger partial charge in [-0.15, -0.1) is 11.6 Å². The van der Waals surface area contributed by atoms with Gasteiger partial charge in [-0.3, -0.25) is 4.79 Å². The van der Waals surface area contributed by atoms with E-state index in [-0.39, 0.29) is 5.91 Å². The molecule has 1 unspecified atom stereocenters. The van der Waals surface area contributed by atoms with E-state index in [1.807, 2.05) is 17.0 Å². The van der Waals surface area contributed by atoms with Crippen LogP contribution in [0.1, 0.15) is 36.8 Å². The minimum atomic E-state index is 0.250. The zero-order valence-corrected chi connectivity index (χ0v) is 12.3. The summed E-state index contributed by atoms with van der Waals surface area (Å²) in [7, 11) is 0. The van der Waals surface area contributed by atoms with Gasteiger partial charge < -0.3 is 4.90 Å². The predicted octanol–water partition coefficient (Wildman–Crippen LogP) is 3.55. The number of hydrogen-bond donors (Lipinski definition) is 0. The Morgan fingerprint density at radius 1 is 1.42 bits per heavy atom. The standard InChI is InChI=1S/C16H22ClNO/c1-13-5-4-6-14(11-13)12-16(19)18-10-3-2-7-15(18)8-9-17/h4-6,11,15H,2-3,7-10,12H2,1H3. The molecule has 0 radical (unpaired) electrons. The number of alkyl halides is 1. The summed E-state index contributed by atoms with van der Waals surface area (Å²) in [5.74, 6) is 0.888. The van der Waals surface area contributed by atoms with E-state index in [1.165, 1.54) is 12.0 Å². The number of likely N-dealkylation sites (tertiary alicyclic amines) is 1. The van der Waals surface area contributed by atoms with Gasteiger partial charge in [0, 0.05) is 18.5 Å². The Kier molecular flexibility index (Phi) is 5.26. The highest BCUT2D eigenvalue weighted by molar-refractivity contribution is 6.17. The smallest absolute Gasteiger partial charge is 0.227 e. The van der Waals surface area contributed by atoms with E-state index >= 15 is 0 Å². The van der Waals surface area contributed by atoms with Crippen LogP contribution in [-0.4, -0.2) is 29.3 Å². The molecule has 1 aliphatic heterocycles. The van der Waals surface area contributed by atoms with Gasteiger partial charge in [-0.1, -0.05) is 29.8 Å². The molecule has 0 bridgehead atoms. The summed E-state index contributed by atoms with van der Waals surface area (Å²) < 4.78 is 0. The Morgan fingerprint density at radius 2 is 2.26 bits per heavy atom. The summed E-state index contributed by atoms with van der Waals surface area (Å²) in [5.41, 5.74) is 2.32. The van der Waals surface area contributed by atoms with Crippen LogP contribution in [0.2, 0.25) is 0 Å². The topological polar surface area (TPSA) is 20.3 Å². The van der Waals surface area contributed by atoms with Crippen LogP contribution in [-0.2, 0) is 11.2 Å². The highest BCUT2D eigenvalue weighted by atomic mass is 35.5. The van der Waals surface area contributed by atoms with Crippen molar-refractivity contribution < 1.29 is 4.79 Å². The second-order valence-corrected chi connectivity index (χ2v) is 5.76. The fraction of sp³-hybridized carbons (Fsp3) is 0.562. The molecule has 104 valence electrons. The molecule has 2 nitrogen and oxygen atoms in total. The molecule has 1 amide bonds. The highest BCUT2D eigenvalue weighted by Gasteiger charge is 2.25. The van der Waals surface area contributed by atoms with Crippen molar-refractivity contribution >= 4 is 17.5 Å². The molecule has 0 spiro atoms. The quantitative estimate of drug-likeness (QED) is 0.772. The molecule has 1 aromatic rings. The SMILES string of the molecule is Cc1cccc(CC(=O)N2CCCCC2CCCl)c1. The Hall–Kier alpha value is -1.02. The number of nitrogens with zero attached hydrogens (tertiary/aromatic N) is 1. The Bertz CT molecular complexity index is 431. The molecule has 1 atom stereocenters. The first-order valence-electron chi connectivity index (χ1n) is 7.11. The lowest BCUT2D eigenvalue weighted by atomic mass is 9.98. The predicted molar refractivity (Wildman–Crippen MR) is 79.6 cm³/mol. The summed E-state index contributed by atoms with van der Waals surface area (Å²) >= 11 is 5.85. The number of carbonyl (C=O) groups is 1. The number of aryl methyl sites for hydroxylation is 1. The molecule has 0 N–H and O–H groups in total. The lowest BCUT2D eigenvalue weighted by Crippen LogP contribution is -2.44. The fourth-order valence-electron chi connectivity index (χ4n) is 2.85. The summed E-state index contributed by atoms with van der Waals surface area (Å²) in [5, 5.41) is 0. The first-order chi connectivity index (χ1) is 9.20. The number of amides is 1. The normalized spacial score (nSPS) is 19.5. The second kappa shape index (κ2) is 6.95. The molecular formula is C16H22ClNO. The van der Waals surface area contributed by atoms with E-state index in [4.69, 9.17) is 11.6 Å². The molecule has 3 heteroatoms. The maximum atomic E-state index is 12.4. The van der Waals surface area contributed by atoms with Crippen LogP contribution in [0.5, 0.6) is 0 Å². The molecule has 19 heavy (non-hydrogen) atoms. The molecule has 1 aromatic carbocycles. The summed E-state index contributed by atoms with van der Waals surface area (Å²) in [6, 6.07) is 8.56. The first-order valence-corrected chi connectivity index (χ1v) is 7.65. The third-order valence-corrected chi connectivity index (χ3v) is 4.05. The van der Waals surface area contributed by atoms with E-state index < -0.39 is 0 Å². The Labute approximate surface area is 120 Å². The third-order valence-electron chi connectivity index (χ3n) is 3.83. The van der Waals surface area contributed by atoms with Crippen molar-refractivity contribution in [2.24, 2.45) is 0 Å². The van der Waals surface area contributed by atoms with Gasteiger partial charge >= 0.3 is 0 Å². The molecule has 1 fully saturated rings. The van der Waals surface area contributed by atoms with Gasteiger partial charge in [0.05, 0.1) is 6.42 Å². The zero-order valence-electron chi connectivity index (χ0n) is 11.6. The molecule has 0 aromatic heterocycles. The maximum absolute atomic E-state index is 12.4. The van der Waals surface area contributed by atoms with Gasteiger partial charge in [0.1, 0.15) is 0 Å². The van der Waals surface area contributed by atoms with Gasteiger partial charge in [0.15, 0.2) is 0 Å². The zero-order chi connectivity index (χ0) is 13.7. The van der Waals surface area contributed by atoms with Crippen molar-refractivity contribution in [3.05, 3.63) is 35.4 Å². The lowest BCUT2D eigenvalue weighted by Gasteiger charge is -2.35. The van der Waals surface area contributed by atoms with E-state index in [0.717, 1.165) is 31.4 Å². The van der Waals surface area contributed by atoms with Crippen LogP contribution < -0.4 is 0 Å².